The fourth-order valence-corrected chi connectivity index (χ4v) is 7.92. The standard InChI is InChI=1S/C26H35NO2/c1-25-11-9-20(28)14-18(25)5-7-21-22-8-6-19(26(22,2)12-10-23(21)25)15-24(29)17-4-3-13-27-16-17/h3-4,6,13,16,18,21-24,29H,5,7-12,14-15H2,1-2H3/t18?,21-,22-,23+,24?,25-,26+/m0/s1. The van der Waals surface area contributed by atoms with Gasteiger partial charge in [-0.25, -0.2) is 0 Å². The molecule has 0 aromatic carbocycles. The van der Waals surface area contributed by atoms with E-state index in [0.29, 0.717) is 23.0 Å². The molecule has 3 fully saturated rings. The highest BCUT2D eigenvalue weighted by Crippen LogP contribution is 2.66. The first-order chi connectivity index (χ1) is 13.9. The summed E-state index contributed by atoms with van der Waals surface area (Å²) in [5, 5.41) is 10.8. The molecule has 7 atom stereocenters. The van der Waals surface area contributed by atoms with Crippen molar-refractivity contribution in [2.24, 2.45) is 34.5 Å². The molecule has 4 aliphatic rings. The van der Waals surface area contributed by atoms with Crippen molar-refractivity contribution in [3.63, 3.8) is 0 Å². The van der Waals surface area contributed by atoms with Gasteiger partial charge in [-0.15, -0.1) is 0 Å². The number of rotatable bonds is 3. The van der Waals surface area contributed by atoms with E-state index in [0.717, 1.165) is 43.1 Å². The van der Waals surface area contributed by atoms with Crippen LogP contribution in [0.15, 0.2) is 36.2 Å². The molecule has 4 aliphatic carbocycles. The third kappa shape index (κ3) is 3.03. The lowest BCUT2D eigenvalue weighted by atomic mass is 9.44. The van der Waals surface area contributed by atoms with Gasteiger partial charge in [-0.1, -0.05) is 31.6 Å². The van der Waals surface area contributed by atoms with E-state index in [-0.39, 0.29) is 5.41 Å². The fraction of sp³-hybridized carbons (Fsp3) is 0.692. The van der Waals surface area contributed by atoms with Gasteiger partial charge in [0.1, 0.15) is 5.78 Å². The van der Waals surface area contributed by atoms with Gasteiger partial charge in [0, 0.05) is 25.2 Å². The number of carbonyl (C=O) groups is 1. The lowest BCUT2D eigenvalue weighted by Gasteiger charge is -2.60. The second-order valence-corrected chi connectivity index (χ2v) is 10.8. The Hall–Kier alpha value is -1.48. The summed E-state index contributed by atoms with van der Waals surface area (Å²) in [6.45, 7) is 4.99. The van der Waals surface area contributed by atoms with Crippen LogP contribution in [0.3, 0.4) is 0 Å². The normalized spacial score (nSPS) is 42.4. The second kappa shape index (κ2) is 7.04. The summed E-state index contributed by atoms with van der Waals surface area (Å²) < 4.78 is 0. The lowest BCUT2D eigenvalue weighted by molar-refractivity contribution is -0.137. The summed E-state index contributed by atoms with van der Waals surface area (Å²) in [5.74, 6) is 3.40. The van der Waals surface area contributed by atoms with Gasteiger partial charge in [0.2, 0.25) is 0 Å². The molecule has 3 nitrogen and oxygen atoms in total. The van der Waals surface area contributed by atoms with Gasteiger partial charge in [-0.05, 0) is 91.1 Å². The van der Waals surface area contributed by atoms with Crippen molar-refractivity contribution in [2.45, 2.75) is 77.7 Å². The van der Waals surface area contributed by atoms with E-state index >= 15 is 0 Å². The lowest BCUT2D eigenvalue weighted by Crippen LogP contribution is -2.53. The highest BCUT2D eigenvalue weighted by atomic mass is 16.3. The summed E-state index contributed by atoms with van der Waals surface area (Å²) in [6.07, 6.45) is 15.3. The molecule has 2 unspecified atom stereocenters. The Morgan fingerprint density at radius 1 is 1.21 bits per heavy atom. The number of hydrogen-bond donors (Lipinski definition) is 1. The van der Waals surface area contributed by atoms with Crippen molar-refractivity contribution in [3.8, 4) is 0 Å². The molecule has 1 aromatic heterocycles. The molecule has 0 radical (unpaired) electrons. The van der Waals surface area contributed by atoms with Crippen LogP contribution in [0, 0.1) is 34.5 Å². The average Bonchev–Trinajstić information content (AvgIpc) is 3.05. The van der Waals surface area contributed by atoms with Crippen LogP contribution in [0.4, 0.5) is 0 Å². The van der Waals surface area contributed by atoms with Gasteiger partial charge >= 0.3 is 0 Å². The maximum absolute atomic E-state index is 12.1. The smallest absolute Gasteiger partial charge is 0.133 e. The van der Waals surface area contributed by atoms with Crippen molar-refractivity contribution in [1.82, 2.24) is 4.98 Å². The van der Waals surface area contributed by atoms with Crippen LogP contribution in [-0.2, 0) is 4.79 Å². The van der Waals surface area contributed by atoms with E-state index in [4.69, 9.17) is 0 Å². The predicted molar refractivity (Wildman–Crippen MR) is 114 cm³/mol. The minimum Gasteiger partial charge on any atom is -0.388 e. The molecule has 0 aliphatic heterocycles. The number of hydrogen-bond acceptors (Lipinski definition) is 3. The minimum atomic E-state index is -0.458. The van der Waals surface area contributed by atoms with Crippen LogP contribution in [0.2, 0.25) is 0 Å². The summed E-state index contributed by atoms with van der Waals surface area (Å²) in [5.41, 5.74) is 3.01. The van der Waals surface area contributed by atoms with Crippen molar-refractivity contribution >= 4 is 5.78 Å². The molecule has 156 valence electrons. The largest absolute Gasteiger partial charge is 0.388 e. The molecular formula is C26H35NO2. The highest BCUT2D eigenvalue weighted by Gasteiger charge is 2.58. The minimum absolute atomic E-state index is 0.234. The molecular weight excluding hydrogens is 358 g/mol. The van der Waals surface area contributed by atoms with Crippen molar-refractivity contribution in [3.05, 3.63) is 41.7 Å². The molecule has 0 amide bonds. The number of Topliss-reactive ketones (excluding diaryl/α,β-unsaturated/α-hetero) is 1. The SMILES string of the molecule is C[C@]12CCC(=O)CC1CC[C@@H]1[C@H]2CC[C@]2(C)C(CC(O)c3cccnc3)=CC[C@@H]12. The Morgan fingerprint density at radius 2 is 2.07 bits per heavy atom. The zero-order valence-corrected chi connectivity index (χ0v) is 17.9. The fourth-order valence-electron chi connectivity index (χ4n) is 7.92. The van der Waals surface area contributed by atoms with Gasteiger partial charge in [0.25, 0.3) is 0 Å². The topological polar surface area (TPSA) is 50.2 Å². The first-order valence-electron chi connectivity index (χ1n) is 11.7. The van der Waals surface area contributed by atoms with Gasteiger partial charge in [0.15, 0.2) is 0 Å². The van der Waals surface area contributed by atoms with Gasteiger partial charge in [-0.2, -0.15) is 0 Å². The molecule has 29 heavy (non-hydrogen) atoms. The number of carbonyl (C=O) groups excluding carboxylic acids is 1. The van der Waals surface area contributed by atoms with E-state index in [1.807, 2.05) is 12.1 Å². The van der Waals surface area contributed by atoms with Crippen LogP contribution in [-0.4, -0.2) is 15.9 Å². The molecule has 0 bridgehead atoms. The number of ketones is 1. The van der Waals surface area contributed by atoms with E-state index < -0.39 is 6.10 Å². The van der Waals surface area contributed by atoms with Crippen LogP contribution in [0.5, 0.6) is 0 Å². The quantitative estimate of drug-likeness (QED) is 0.675. The molecule has 3 saturated carbocycles. The van der Waals surface area contributed by atoms with Crippen LogP contribution < -0.4 is 0 Å². The summed E-state index contributed by atoms with van der Waals surface area (Å²) in [6, 6.07) is 3.89. The first kappa shape index (κ1) is 19.5. The maximum Gasteiger partial charge on any atom is 0.133 e. The predicted octanol–water partition coefficient (Wildman–Crippen LogP) is 5.65. The Balaban J connectivity index is 1.35. The molecule has 1 heterocycles. The van der Waals surface area contributed by atoms with E-state index in [9.17, 15) is 9.90 Å². The van der Waals surface area contributed by atoms with Crippen LogP contribution >= 0.6 is 0 Å². The Kier molecular flexibility index (Phi) is 4.73. The second-order valence-electron chi connectivity index (χ2n) is 10.8. The Morgan fingerprint density at radius 3 is 2.86 bits per heavy atom. The number of pyridine rings is 1. The first-order valence-corrected chi connectivity index (χ1v) is 11.7. The van der Waals surface area contributed by atoms with Crippen molar-refractivity contribution < 1.29 is 9.90 Å². The third-order valence-corrected chi connectivity index (χ3v) is 9.71. The van der Waals surface area contributed by atoms with Gasteiger partial charge < -0.3 is 5.11 Å². The molecule has 3 heteroatoms. The average molecular weight is 394 g/mol. The number of aliphatic hydroxyl groups excluding tert-OH is 1. The summed E-state index contributed by atoms with van der Waals surface area (Å²) in [4.78, 5) is 16.3. The monoisotopic (exact) mass is 393 g/mol. The zero-order valence-electron chi connectivity index (χ0n) is 17.9. The van der Waals surface area contributed by atoms with Crippen LogP contribution in [0.1, 0.15) is 83.3 Å². The molecule has 5 rings (SSSR count). The molecule has 1 aromatic rings. The number of fused-ring (bicyclic) bond motifs is 5. The number of nitrogens with zero attached hydrogens (tertiary/aromatic N) is 1. The molecule has 0 saturated heterocycles. The van der Waals surface area contributed by atoms with Crippen molar-refractivity contribution in [2.75, 3.05) is 0 Å². The van der Waals surface area contributed by atoms with E-state index in [2.05, 4.69) is 24.9 Å². The Labute approximate surface area is 175 Å². The van der Waals surface area contributed by atoms with Gasteiger partial charge in [0.05, 0.1) is 6.10 Å². The summed E-state index contributed by atoms with van der Waals surface area (Å²) in [7, 11) is 0. The third-order valence-electron chi connectivity index (χ3n) is 9.71. The van der Waals surface area contributed by atoms with Gasteiger partial charge in [-0.3, -0.25) is 9.78 Å². The maximum atomic E-state index is 12.1. The van der Waals surface area contributed by atoms with E-state index in [1.54, 1.807) is 12.4 Å². The Bertz CT molecular complexity index is 817. The molecule has 0 spiro atoms. The van der Waals surface area contributed by atoms with E-state index in [1.165, 1.54) is 37.7 Å². The zero-order chi connectivity index (χ0) is 20.2. The van der Waals surface area contributed by atoms with Crippen molar-refractivity contribution in [1.29, 1.82) is 0 Å². The summed E-state index contributed by atoms with van der Waals surface area (Å²) >= 11 is 0. The van der Waals surface area contributed by atoms with Crippen LogP contribution in [0.25, 0.3) is 0 Å². The number of aliphatic hydroxyl groups is 1. The number of aromatic nitrogens is 1. The number of allylic oxidation sites excluding steroid dienone is 1. The highest BCUT2D eigenvalue weighted by molar-refractivity contribution is 5.79. The molecule has 1 N–H and O–H groups in total.